The number of phenolic OH excluding ortho intramolecular Hbond substituents is 2. The van der Waals surface area contributed by atoms with Crippen molar-refractivity contribution in [2.24, 2.45) is 0 Å². The van der Waals surface area contributed by atoms with Crippen molar-refractivity contribution in [2.45, 2.75) is 38.5 Å². The van der Waals surface area contributed by atoms with Gasteiger partial charge in [0.25, 0.3) is 0 Å². The highest BCUT2D eigenvalue weighted by Gasteiger charge is 2.32. The van der Waals surface area contributed by atoms with Crippen LogP contribution in [-0.2, 0) is 10.8 Å². The van der Waals surface area contributed by atoms with Gasteiger partial charge in [0, 0.05) is 16.4 Å². The van der Waals surface area contributed by atoms with Crippen molar-refractivity contribution in [3.8, 4) is 28.3 Å². The van der Waals surface area contributed by atoms with Gasteiger partial charge in [-0.05, 0) is 52.6 Å². The van der Waals surface area contributed by atoms with Crippen LogP contribution in [0, 0.1) is 0 Å². The summed E-state index contributed by atoms with van der Waals surface area (Å²) in [7, 11) is 0. The molecule has 0 amide bonds. The standard InChI is InChI=1S/C30H29N3O.C12H9N3O/c1-29(2,21-13-7-5-8-14-21)23-19-24(30(3,4)22-15-9-6-10-16-22)28(34)27(20-23)33-31-25-17-11-12-18-26(25)32-33;16-10-7-6-9-12(14-15-13-9)11(10)8-4-2-1-3-5-8/h5-20,34H,1-4H3;1-7,16H,(H,13,14,15). The summed E-state index contributed by atoms with van der Waals surface area (Å²) < 4.78 is 0. The molecular weight excluding hydrogens is 621 g/mol. The molecule has 8 nitrogen and oxygen atoms in total. The molecule has 3 N–H and O–H groups in total. The van der Waals surface area contributed by atoms with E-state index in [1.165, 1.54) is 5.56 Å². The van der Waals surface area contributed by atoms with Gasteiger partial charge in [-0.1, -0.05) is 137 Å². The van der Waals surface area contributed by atoms with E-state index < -0.39 is 5.41 Å². The number of phenols is 2. The van der Waals surface area contributed by atoms with Gasteiger partial charge in [-0.3, -0.25) is 0 Å². The summed E-state index contributed by atoms with van der Waals surface area (Å²) >= 11 is 0. The monoisotopic (exact) mass is 658 g/mol. The highest BCUT2D eigenvalue weighted by molar-refractivity contribution is 5.94. The zero-order chi connectivity index (χ0) is 34.9. The van der Waals surface area contributed by atoms with Gasteiger partial charge in [0.2, 0.25) is 0 Å². The lowest BCUT2D eigenvalue weighted by Crippen LogP contribution is -2.24. The van der Waals surface area contributed by atoms with Gasteiger partial charge in [-0.25, -0.2) is 0 Å². The Morgan fingerprint density at radius 3 is 1.68 bits per heavy atom. The summed E-state index contributed by atoms with van der Waals surface area (Å²) in [6.45, 7) is 8.72. The first kappa shape index (κ1) is 32.3. The SMILES string of the molecule is CC(C)(c1ccccc1)c1cc(-n2nc3ccccc3n2)c(O)c(C(C)(C)c2ccccc2)c1.Oc1ccc2n[nH]nc2c1-c1ccccc1. The average molecular weight is 659 g/mol. The Labute approximate surface area is 290 Å². The minimum Gasteiger partial charge on any atom is -0.507 e. The van der Waals surface area contributed by atoms with E-state index in [0.717, 1.165) is 38.8 Å². The molecule has 248 valence electrons. The molecule has 8 heteroatoms. The lowest BCUT2D eigenvalue weighted by molar-refractivity contribution is 0.445. The van der Waals surface area contributed by atoms with Crippen molar-refractivity contribution in [3.05, 3.63) is 162 Å². The Morgan fingerprint density at radius 1 is 0.540 bits per heavy atom. The van der Waals surface area contributed by atoms with Crippen LogP contribution in [0.2, 0.25) is 0 Å². The second-order valence-electron chi connectivity index (χ2n) is 13.4. The van der Waals surface area contributed by atoms with Gasteiger partial charge < -0.3 is 10.2 Å². The van der Waals surface area contributed by atoms with Crippen molar-refractivity contribution in [2.75, 3.05) is 0 Å². The van der Waals surface area contributed by atoms with Gasteiger partial charge in [-0.2, -0.15) is 15.4 Å². The Kier molecular flexibility index (Phi) is 8.37. The quantitative estimate of drug-likeness (QED) is 0.164. The maximum absolute atomic E-state index is 11.6. The molecule has 0 atom stereocenters. The predicted molar refractivity (Wildman–Crippen MR) is 199 cm³/mol. The molecule has 50 heavy (non-hydrogen) atoms. The van der Waals surface area contributed by atoms with Crippen molar-refractivity contribution in [3.63, 3.8) is 0 Å². The molecule has 0 radical (unpaired) electrons. The average Bonchev–Trinajstić information content (AvgIpc) is 3.80. The third-order valence-electron chi connectivity index (χ3n) is 9.51. The maximum Gasteiger partial charge on any atom is 0.147 e. The summed E-state index contributed by atoms with van der Waals surface area (Å²) in [5.74, 6) is 0.411. The third kappa shape index (κ3) is 5.96. The molecule has 0 saturated carbocycles. The summed E-state index contributed by atoms with van der Waals surface area (Å²) in [6.07, 6.45) is 0. The van der Waals surface area contributed by atoms with Crippen LogP contribution in [-0.4, -0.2) is 40.6 Å². The van der Waals surface area contributed by atoms with Crippen LogP contribution >= 0.6 is 0 Å². The Balaban J connectivity index is 0.000000203. The Hall–Kier alpha value is -6.28. The molecular formula is C42H38N6O2. The number of nitrogens with one attached hydrogen (secondary N) is 1. The van der Waals surface area contributed by atoms with E-state index in [-0.39, 0.29) is 16.9 Å². The van der Waals surface area contributed by atoms with Crippen LogP contribution in [0.5, 0.6) is 11.5 Å². The van der Waals surface area contributed by atoms with E-state index in [1.807, 2.05) is 84.9 Å². The number of aromatic hydroxyl groups is 2. The van der Waals surface area contributed by atoms with Crippen molar-refractivity contribution < 1.29 is 10.2 Å². The van der Waals surface area contributed by atoms with E-state index in [9.17, 15) is 10.2 Å². The topological polar surface area (TPSA) is 113 Å². The molecule has 6 aromatic carbocycles. The fourth-order valence-electron chi connectivity index (χ4n) is 6.40. The second-order valence-corrected chi connectivity index (χ2v) is 13.4. The van der Waals surface area contributed by atoms with Crippen LogP contribution in [0.15, 0.2) is 140 Å². The largest absolute Gasteiger partial charge is 0.507 e. The van der Waals surface area contributed by atoms with Gasteiger partial charge in [0.05, 0.1) is 5.56 Å². The number of hydrogen-bond acceptors (Lipinski definition) is 6. The number of aromatic amines is 1. The van der Waals surface area contributed by atoms with E-state index in [1.54, 1.807) is 16.9 Å². The number of rotatable bonds is 6. The molecule has 0 aliphatic rings. The minimum atomic E-state index is -0.435. The van der Waals surface area contributed by atoms with Crippen LogP contribution in [0.3, 0.4) is 0 Å². The fraction of sp³-hybridized carbons (Fsp3) is 0.143. The molecule has 8 rings (SSSR count). The van der Waals surface area contributed by atoms with Gasteiger partial charge in [0.15, 0.2) is 0 Å². The second kappa shape index (κ2) is 13.0. The number of benzene rings is 6. The molecule has 0 aliphatic carbocycles. The summed E-state index contributed by atoms with van der Waals surface area (Å²) in [5, 5.41) is 41.5. The van der Waals surface area contributed by atoms with E-state index >= 15 is 0 Å². The predicted octanol–water partition coefficient (Wildman–Crippen LogP) is 9.11. The number of fused-ring (bicyclic) bond motifs is 2. The van der Waals surface area contributed by atoms with Crippen LogP contribution < -0.4 is 0 Å². The first-order valence-electron chi connectivity index (χ1n) is 16.5. The van der Waals surface area contributed by atoms with Crippen molar-refractivity contribution in [1.82, 2.24) is 30.4 Å². The zero-order valence-corrected chi connectivity index (χ0v) is 28.4. The van der Waals surface area contributed by atoms with E-state index in [2.05, 4.69) is 95.8 Å². The molecule has 0 spiro atoms. The minimum absolute atomic E-state index is 0.196. The van der Waals surface area contributed by atoms with Crippen LogP contribution in [0.1, 0.15) is 49.9 Å². The van der Waals surface area contributed by atoms with E-state index in [4.69, 9.17) is 0 Å². The molecule has 0 aliphatic heterocycles. The molecule has 0 saturated heterocycles. The highest BCUT2D eigenvalue weighted by Crippen LogP contribution is 2.44. The molecule has 0 unspecified atom stereocenters. The van der Waals surface area contributed by atoms with Gasteiger partial charge >= 0.3 is 0 Å². The van der Waals surface area contributed by atoms with Gasteiger partial charge in [0.1, 0.15) is 39.3 Å². The smallest absolute Gasteiger partial charge is 0.147 e. The Morgan fingerprint density at radius 2 is 1.08 bits per heavy atom. The molecule has 2 heterocycles. The Bertz CT molecular complexity index is 2370. The number of nitrogens with zero attached hydrogens (tertiary/aromatic N) is 5. The molecule has 0 bridgehead atoms. The number of H-pyrrole nitrogens is 1. The number of aromatic nitrogens is 6. The zero-order valence-electron chi connectivity index (χ0n) is 28.4. The third-order valence-corrected chi connectivity index (χ3v) is 9.51. The van der Waals surface area contributed by atoms with Crippen LogP contribution in [0.4, 0.5) is 0 Å². The lowest BCUT2D eigenvalue weighted by atomic mass is 9.72. The fourth-order valence-corrected chi connectivity index (χ4v) is 6.40. The summed E-state index contributed by atoms with van der Waals surface area (Å²) in [5.41, 5.74) is 8.78. The summed E-state index contributed by atoms with van der Waals surface area (Å²) in [6, 6.07) is 45.7. The maximum atomic E-state index is 11.6. The van der Waals surface area contributed by atoms with Gasteiger partial charge in [-0.15, -0.1) is 15.0 Å². The lowest BCUT2D eigenvalue weighted by Gasteiger charge is -2.32. The van der Waals surface area contributed by atoms with Crippen molar-refractivity contribution in [1.29, 1.82) is 0 Å². The molecule has 2 aromatic heterocycles. The first-order chi connectivity index (χ1) is 24.1. The first-order valence-corrected chi connectivity index (χ1v) is 16.5. The van der Waals surface area contributed by atoms with Crippen molar-refractivity contribution >= 4 is 22.1 Å². The van der Waals surface area contributed by atoms with Crippen LogP contribution in [0.25, 0.3) is 38.9 Å². The highest BCUT2D eigenvalue weighted by atomic mass is 16.3. The normalized spacial score (nSPS) is 11.8. The summed E-state index contributed by atoms with van der Waals surface area (Å²) in [4.78, 5) is 1.56. The van der Waals surface area contributed by atoms with E-state index in [0.29, 0.717) is 16.8 Å². The number of hydrogen-bond donors (Lipinski definition) is 3. The molecule has 0 fully saturated rings. The molecule has 8 aromatic rings.